The average molecular weight is 448 g/mol. The second-order valence-corrected chi connectivity index (χ2v) is 9.70. The summed E-state index contributed by atoms with van der Waals surface area (Å²) >= 11 is 1.09. The molecule has 1 aliphatic rings. The van der Waals surface area contributed by atoms with Crippen LogP contribution in [0.5, 0.6) is 0 Å². The number of amides is 1. The van der Waals surface area contributed by atoms with E-state index < -0.39 is 10.0 Å². The van der Waals surface area contributed by atoms with Gasteiger partial charge in [-0.2, -0.15) is 13.5 Å². The second kappa shape index (κ2) is 9.86. The van der Waals surface area contributed by atoms with Crippen molar-refractivity contribution in [2.45, 2.75) is 31.0 Å². The van der Waals surface area contributed by atoms with Crippen molar-refractivity contribution in [2.24, 2.45) is 15.4 Å². The number of nitrogens with zero attached hydrogens (tertiary/aromatic N) is 3. The number of sulfonamides is 1. The minimum atomic E-state index is -3.90. The largest absolute Gasteiger partial charge is 0.354 e. The number of rotatable bonds is 7. The summed E-state index contributed by atoms with van der Waals surface area (Å²) in [5.41, 5.74) is 0.554. The molecule has 30 heavy (non-hydrogen) atoms. The molecule has 1 amide bonds. The van der Waals surface area contributed by atoms with Gasteiger partial charge in [0, 0.05) is 29.1 Å². The highest BCUT2D eigenvalue weighted by Gasteiger charge is 2.24. The summed E-state index contributed by atoms with van der Waals surface area (Å²) in [6, 6.07) is 12.1. The van der Waals surface area contributed by atoms with Crippen molar-refractivity contribution in [3.63, 3.8) is 0 Å². The minimum absolute atomic E-state index is 0.122. The number of hydrogen-bond acceptors (Lipinski definition) is 5. The fourth-order valence-electron chi connectivity index (χ4n) is 2.81. The van der Waals surface area contributed by atoms with E-state index in [9.17, 15) is 13.2 Å². The number of benzene rings is 1. The number of carbonyl (C=O) groups is 1. The standard InChI is InChI=1S/C20H25N5O3S2/c1-3-15-12-23-25(14-15)20(21-4-2)24-30(27,28)18-11-10-17(29-18)13-22-19(26)16-8-6-5-7-9-16/h5-12,15H,3-4,13-14H2,1-2H3,(H,21,24)(H,22,26). The zero-order valence-electron chi connectivity index (χ0n) is 16.9. The van der Waals surface area contributed by atoms with E-state index in [1.807, 2.05) is 19.2 Å². The molecule has 2 heterocycles. The number of hydrogen-bond donors (Lipinski definition) is 2. The Morgan fingerprint density at radius 2 is 1.97 bits per heavy atom. The molecule has 2 N–H and O–H groups in total. The molecule has 0 saturated heterocycles. The lowest BCUT2D eigenvalue weighted by atomic mass is 10.1. The van der Waals surface area contributed by atoms with Crippen molar-refractivity contribution in [1.29, 1.82) is 0 Å². The van der Waals surface area contributed by atoms with Gasteiger partial charge in [-0.25, -0.2) is 5.01 Å². The number of hydrazone groups is 1. The van der Waals surface area contributed by atoms with Gasteiger partial charge in [0.15, 0.2) is 0 Å². The van der Waals surface area contributed by atoms with Crippen molar-refractivity contribution < 1.29 is 13.2 Å². The molecule has 1 aromatic carbocycles. The third-order valence-corrected chi connectivity index (χ3v) is 7.30. The van der Waals surface area contributed by atoms with Crippen LogP contribution in [0.25, 0.3) is 0 Å². The summed E-state index contributed by atoms with van der Waals surface area (Å²) in [5, 5.41) is 11.7. The van der Waals surface area contributed by atoms with E-state index in [-0.39, 0.29) is 28.5 Å². The zero-order valence-corrected chi connectivity index (χ0v) is 18.5. The molecule has 0 saturated carbocycles. The lowest BCUT2D eigenvalue weighted by molar-refractivity contribution is 0.0951. The molecule has 2 aromatic rings. The van der Waals surface area contributed by atoms with Gasteiger partial charge in [-0.05, 0) is 37.6 Å². The average Bonchev–Trinajstić information content (AvgIpc) is 3.42. The monoisotopic (exact) mass is 447 g/mol. The Kier molecular flexibility index (Phi) is 7.22. The van der Waals surface area contributed by atoms with Gasteiger partial charge in [0.2, 0.25) is 5.96 Å². The third-order valence-electron chi connectivity index (χ3n) is 4.49. The molecule has 160 valence electrons. The normalized spacial score (nSPS) is 16.7. The minimum Gasteiger partial charge on any atom is -0.354 e. The fraction of sp³-hybridized carbons (Fsp3) is 0.350. The number of thiophene rings is 1. The van der Waals surface area contributed by atoms with Crippen molar-refractivity contribution in [3.05, 3.63) is 52.9 Å². The summed E-state index contributed by atoms with van der Waals surface area (Å²) in [7, 11) is -3.90. The van der Waals surface area contributed by atoms with Crippen LogP contribution in [0.3, 0.4) is 0 Å². The van der Waals surface area contributed by atoms with Gasteiger partial charge in [0.05, 0.1) is 13.1 Å². The van der Waals surface area contributed by atoms with Gasteiger partial charge in [-0.15, -0.1) is 15.7 Å². The molecule has 1 atom stereocenters. The van der Waals surface area contributed by atoms with Gasteiger partial charge in [-0.3, -0.25) is 4.79 Å². The Balaban J connectivity index is 1.70. The molecule has 0 bridgehead atoms. The highest BCUT2D eigenvalue weighted by Crippen LogP contribution is 2.24. The third kappa shape index (κ3) is 5.45. The van der Waals surface area contributed by atoms with E-state index in [4.69, 9.17) is 0 Å². The smallest absolute Gasteiger partial charge is 0.295 e. The Morgan fingerprint density at radius 1 is 1.20 bits per heavy atom. The molecule has 1 unspecified atom stereocenters. The number of carbonyl (C=O) groups excluding carboxylic acids is 1. The van der Waals surface area contributed by atoms with E-state index in [0.29, 0.717) is 18.7 Å². The predicted octanol–water partition coefficient (Wildman–Crippen LogP) is 2.66. The SMILES string of the molecule is CCN/C(=N\S(=O)(=O)c1ccc(CNC(=O)c2ccccc2)s1)N1CC(CC)C=N1. The summed E-state index contributed by atoms with van der Waals surface area (Å²) in [4.78, 5) is 12.9. The maximum absolute atomic E-state index is 12.8. The van der Waals surface area contributed by atoms with Gasteiger partial charge in [-0.1, -0.05) is 25.1 Å². The fourth-order valence-corrected chi connectivity index (χ4v) is 5.05. The molecule has 1 aromatic heterocycles. The van der Waals surface area contributed by atoms with Gasteiger partial charge >= 0.3 is 0 Å². The first-order valence-electron chi connectivity index (χ1n) is 9.75. The molecule has 10 heteroatoms. The molecular weight excluding hydrogens is 422 g/mol. The lowest BCUT2D eigenvalue weighted by Gasteiger charge is -2.18. The molecule has 8 nitrogen and oxygen atoms in total. The quantitative estimate of drug-likeness (QED) is 0.502. The summed E-state index contributed by atoms with van der Waals surface area (Å²) < 4.78 is 29.7. The molecule has 0 radical (unpaired) electrons. The first-order chi connectivity index (χ1) is 14.4. The summed E-state index contributed by atoms with van der Waals surface area (Å²) in [6.45, 7) is 5.30. The molecule has 0 spiro atoms. The van der Waals surface area contributed by atoms with Crippen LogP contribution in [0, 0.1) is 5.92 Å². The topological polar surface area (TPSA) is 103 Å². The van der Waals surface area contributed by atoms with Crippen molar-refractivity contribution >= 4 is 39.4 Å². The van der Waals surface area contributed by atoms with Crippen LogP contribution in [-0.4, -0.2) is 44.6 Å². The van der Waals surface area contributed by atoms with Crippen LogP contribution < -0.4 is 10.6 Å². The molecule has 0 aliphatic carbocycles. The van der Waals surface area contributed by atoms with Crippen molar-refractivity contribution in [1.82, 2.24) is 15.6 Å². The van der Waals surface area contributed by atoms with Gasteiger partial charge in [0.1, 0.15) is 4.21 Å². The first kappa shape index (κ1) is 22.0. The number of guanidine groups is 1. The Hall–Kier alpha value is -2.72. The van der Waals surface area contributed by atoms with E-state index >= 15 is 0 Å². The number of nitrogens with one attached hydrogen (secondary N) is 2. The van der Waals surface area contributed by atoms with Gasteiger partial charge < -0.3 is 10.6 Å². The zero-order chi connectivity index (χ0) is 21.6. The Bertz CT molecular complexity index is 1030. The first-order valence-corrected chi connectivity index (χ1v) is 12.0. The van der Waals surface area contributed by atoms with E-state index in [2.05, 4.69) is 27.1 Å². The Morgan fingerprint density at radius 3 is 2.63 bits per heavy atom. The molecule has 1 aliphatic heterocycles. The van der Waals surface area contributed by atoms with Crippen molar-refractivity contribution in [3.8, 4) is 0 Å². The maximum atomic E-state index is 12.8. The van der Waals surface area contributed by atoms with Crippen LogP contribution in [0.15, 0.2) is 56.2 Å². The molecule has 0 fully saturated rings. The van der Waals surface area contributed by atoms with Crippen LogP contribution in [0.1, 0.15) is 35.5 Å². The maximum Gasteiger partial charge on any atom is 0.295 e. The van der Waals surface area contributed by atoms with Crippen molar-refractivity contribution in [2.75, 3.05) is 13.1 Å². The highest BCUT2D eigenvalue weighted by atomic mass is 32.2. The van der Waals surface area contributed by atoms with E-state index in [0.717, 1.165) is 22.6 Å². The Labute approximate surface area is 180 Å². The summed E-state index contributed by atoms with van der Waals surface area (Å²) in [6.07, 6.45) is 2.74. The predicted molar refractivity (Wildman–Crippen MR) is 119 cm³/mol. The van der Waals surface area contributed by atoms with E-state index in [1.54, 1.807) is 35.3 Å². The summed E-state index contributed by atoms with van der Waals surface area (Å²) in [5.74, 6) is 0.286. The highest BCUT2D eigenvalue weighted by molar-refractivity contribution is 7.92. The molecule has 3 rings (SSSR count). The van der Waals surface area contributed by atoms with Crippen LogP contribution in [-0.2, 0) is 16.6 Å². The van der Waals surface area contributed by atoms with Gasteiger partial charge in [0.25, 0.3) is 15.9 Å². The molecular formula is C20H25N5O3S2. The van der Waals surface area contributed by atoms with Crippen LogP contribution in [0.4, 0.5) is 0 Å². The second-order valence-electron chi connectivity index (χ2n) is 6.70. The van der Waals surface area contributed by atoms with Crippen LogP contribution in [0.2, 0.25) is 0 Å². The van der Waals surface area contributed by atoms with Crippen LogP contribution >= 0.6 is 11.3 Å². The lowest BCUT2D eigenvalue weighted by Crippen LogP contribution is -2.38. The van der Waals surface area contributed by atoms with E-state index in [1.165, 1.54) is 6.07 Å².